The molecule has 0 spiro atoms. The lowest BCUT2D eigenvalue weighted by Gasteiger charge is -2.12. The van der Waals surface area contributed by atoms with Gasteiger partial charge in [0.05, 0.1) is 0 Å². The highest BCUT2D eigenvalue weighted by atomic mass is 16.2. The summed E-state index contributed by atoms with van der Waals surface area (Å²) in [6.07, 6.45) is 0.791. The van der Waals surface area contributed by atoms with E-state index in [0.717, 1.165) is 23.1 Å². The van der Waals surface area contributed by atoms with Gasteiger partial charge in [0.2, 0.25) is 0 Å². The number of carbonyl (C=O) groups is 1. The Morgan fingerprint density at radius 3 is 2.43 bits per heavy atom. The van der Waals surface area contributed by atoms with Gasteiger partial charge in [0, 0.05) is 19.2 Å². The number of amides is 1. The summed E-state index contributed by atoms with van der Waals surface area (Å²) in [5, 5.41) is 7.01. The van der Waals surface area contributed by atoms with E-state index in [1.165, 1.54) is 22.4 Å². The van der Waals surface area contributed by atoms with Crippen LogP contribution in [-0.4, -0.2) is 15.7 Å². The summed E-state index contributed by atoms with van der Waals surface area (Å²) < 4.78 is 1.33. The lowest BCUT2D eigenvalue weighted by Crippen LogP contribution is -2.29. The fourth-order valence-electron chi connectivity index (χ4n) is 2.69. The molecule has 1 aromatic heterocycles. The van der Waals surface area contributed by atoms with Crippen LogP contribution in [0.5, 0.6) is 0 Å². The minimum atomic E-state index is -0.269. The molecule has 1 N–H and O–H groups in total. The van der Waals surface area contributed by atoms with Crippen LogP contribution in [0.25, 0.3) is 0 Å². The van der Waals surface area contributed by atoms with Crippen molar-refractivity contribution in [2.24, 2.45) is 0 Å². The zero-order valence-corrected chi connectivity index (χ0v) is 14.1. The Labute approximate surface area is 136 Å². The summed E-state index contributed by atoms with van der Waals surface area (Å²) in [6, 6.07) is 7.07. The monoisotopic (exact) mass is 313 g/mol. The van der Waals surface area contributed by atoms with Crippen molar-refractivity contribution in [2.45, 2.75) is 47.2 Å². The first kappa shape index (κ1) is 16.9. The summed E-state index contributed by atoms with van der Waals surface area (Å²) in [5.74, 6) is -0.269. The molecule has 122 valence electrons. The van der Waals surface area contributed by atoms with Crippen molar-refractivity contribution in [3.05, 3.63) is 62.6 Å². The zero-order valence-electron chi connectivity index (χ0n) is 14.1. The van der Waals surface area contributed by atoms with Crippen molar-refractivity contribution >= 4 is 5.91 Å². The average Bonchev–Trinajstić information content (AvgIpc) is 2.48. The maximum atomic E-state index is 12.3. The molecule has 0 aliphatic rings. The number of carbonyl (C=O) groups excluding carboxylic acids is 1. The molecule has 1 heterocycles. The van der Waals surface area contributed by atoms with Crippen molar-refractivity contribution in [2.75, 3.05) is 0 Å². The third-order valence-electron chi connectivity index (χ3n) is 3.80. The highest BCUT2D eigenvalue weighted by Gasteiger charge is 2.11. The first-order valence-corrected chi connectivity index (χ1v) is 7.85. The Morgan fingerprint density at radius 2 is 1.83 bits per heavy atom. The van der Waals surface area contributed by atoms with Crippen LogP contribution in [0.2, 0.25) is 0 Å². The van der Waals surface area contributed by atoms with Gasteiger partial charge in [0.1, 0.15) is 5.69 Å². The average molecular weight is 313 g/mol. The number of nitrogens with zero attached hydrogens (tertiary/aromatic N) is 2. The van der Waals surface area contributed by atoms with Crippen LogP contribution in [0.1, 0.15) is 46.1 Å². The fraction of sp³-hybridized carbons (Fsp3) is 0.389. The Hall–Kier alpha value is -2.43. The quantitative estimate of drug-likeness (QED) is 0.922. The van der Waals surface area contributed by atoms with Crippen LogP contribution in [0, 0.1) is 20.8 Å². The molecule has 0 saturated carbocycles. The lowest BCUT2D eigenvalue weighted by molar-refractivity contribution is 0.0943. The lowest BCUT2D eigenvalue weighted by atomic mass is 10.00. The van der Waals surface area contributed by atoms with E-state index >= 15 is 0 Å². The Bertz CT molecular complexity index is 755. The smallest absolute Gasteiger partial charge is 0.271 e. The van der Waals surface area contributed by atoms with Crippen molar-refractivity contribution in [1.29, 1.82) is 0 Å². The number of aromatic nitrogens is 2. The van der Waals surface area contributed by atoms with E-state index in [1.807, 2.05) is 20.8 Å². The summed E-state index contributed by atoms with van der Waals surface area (Å²) in [6.45, 7) is 9.07. The Morgan fingerprint density at radius 1 is 1.17 bits per heavy atom. The molecule has 1 amide bonds. The summed E-state index contributed by atoms with van der Waals surface area (Å²) >= 11 is 0. The van der Waals surface area contributed by atoms with Gasteiger partial charge in [-0.15, -0.1) is 0 Å². The van der Waals surface area contributed by atoms with Crippen LogP contribution in [-0.2, 0) is 13.1 Å². The van der Waals surface area contributed by atoms with E-state index in [4.69, 9.17) is 0 Å². The van der Waals surface area contributed by atoms with Gasteiger partial charge in [-0.1, -0.05) is 24.6 Å². The molecule has 0 aliphatic carbocycles. The molecule has 0 bridgehead atoms. The van der Waals surface area contributed by atoms with Gasteiger partial charge < -0.3 is 5.32 Å². The minimum absolute atomic E-state index is 0.186. The molecule has 0 radical (unpaired) electrons. The third kappa shape index (κ3) is 4.06. The van der Waals surface area contributed by atoms with Crippen molar-refractivity contribution in [3.63, 3.8) is 0 Å². The molecule has 2 aromatic rings. The second-order valence-electron chi connectivity index (χ2n) is 5.84. The number of hydrogen-bond acceptors (Lipinski definition) is 3. The highest BCUT2D eigenvalue weighted by Crippen LogP contribution is 2.16. The second kappa shape index (κ2) is 7.22. The van der Waals surface area contributed by atoms with Gasteiger partial charge in [-0.25, -0.2) is 4.68 Å². The van der Waals surface area contributed by atoms with Gasteiger partial charge in [0.15, 0.2) is 0 Å². The molecule has 0 saturated heterocycles. The summed E-state index contributed by atoms with van der Waals surface area (Å²) in [7, 11) is 0. The Balaban J connectivity index is 2.14. The van der Waals surface area contributed by atoms with E-state index in [0.29, 0.717) is 13.1 Å². The minimum Gasteiger partial charge on any atom is -0.347 e. The normalized spacial score (nSPS) is 10.6. The predicted molar refractivity (Wildman–Crippen MR) is 90.6 cm³/mol. The first-order valence-electron chi connectivity index (χ1n) is 7.85. The van der Waals surface area contributed by atoms with Crippen LogP contribution in [0.15, 0.2) is 29.1 Å². The van der Waals surface area contributed by atoms with Gasteiger partial charge in [0.25, 0.3) is 11.5 Å². The van der Waals surface area contributed by atoms with E-state index in [1.54, 1.807) is 0 Å². The molecular weight excluding hydrogens is 290 g/mol. The molecule has 0 aliphatic heterocycles. The topological polar surface area (TPSA) is 64.0 Å². The largest absolute Gasteiger partial charge is 0.347 e. The Kier molecular flexibility index (Phi) is 5.32. The van der Waals surface area contributed by atoms with Crippen molar-refractivity contribution in [3.8, 4) is 0 Å². The molecule has 0 fully saturated rings. The fourth-order valence-corrected chi connectivity index (χ4v) is 2.69. The molecule has 5 nitrogen and oxygen atoms in total. The van der Waals surface area contributed by atoms with Gasteiger partial charge >= 0.3 is 0 Å². The van der Waals surface area contributed by atoms with E-state index in [9.17, 15) is 9.59 Å². The third-order valence-corrected chi connectivity index (χ3v) is 3.80. The van der Waals surface area contributed by atoms with Gasteiger partial charge in [-0.05, 0) is 49.9 Å². The maximum Gasteiger partial charge on any atom is 0.271 e. The maximum absolute atomic E-state index is 12.3. The summed E-state index contributed by atoms with van der Waals surface area (Å²) in [4.78, 5) is 23.9. The van der Waals surface area contributed by atoms with E-state index in [2.05, 4.69) is 29.5 Å². The predicted octanol–water partition coefficient (Wildman–Crippen LogP) is 2.51. The highest BCUT2D eigenvalue weighted by molar-refractivity contribution is 5.91. The number of rotatable bonds is 5. The number of hydrogen-bond donors (Lipinski definition) is 1. The van der Waals surface area contributed by atoms with Crippen LogP contribution in [0.3, 0.4) is 0 Å². The van der Waals surface area contributed by atoms with Crippen LogP contribution >= 0.6 is 0 Å². The molecular formula is C18H23N3O2. The number of aryl methyl sites for hydroxylation is 4. The van der Waals surface area contributed by atoms with Crippen molar-refractivity contribution < 1.29 is 4.79 Å². The first-order chi connectivity index (χ1) is 10.9. The van der Waals surface area contributed by atoms with Crippen molar-refractivity contribution in [1.82, 2.24) is 15.1 Å². The van der Waals surface area contributed by atoms with Crippen LogP contribution < -0.4 is 10.9 Å². The molecule has 23 heavy (non-hydrogen) atoms. The molecule has 2 rings (SSSR count). The zero-order chi connectivity index (χ0) is 17.0. The standard InChI is InChI=1S/C18H23N3O2/c1-5-8-21-17(22)7-6-16(20-21)18(23)19-11-15-13(3)9-12(2)10-14(15)4/h6-7,9-10H,5,8,11H2,1-4H3,(H,19,23). The van der Waals surface area contributed by atoms with E-state index < -0.39 is 0 Å². The summed E-state index contributed by atoms with van der Waals surface area (Å²) in [5.41, 5.74) is 4.72. The van der Waals surface area contributed by atoms with Gasteiger partial charge in [-0.2, -0.15) is 5.10 Å². The SMILES string of the molecule is CCCn1nc(C(=O)NCc2c(C)cc(C)cc2C)ccc1=O. The van der Waals surface area contributed by atoms with Crippen LogP contribution in [0.4, 0.5) is 0 Å². The molecule has 1 aromatic carbocycles. The second-order valence-corrected chi connectivity index (χ2v) is 5.84. The number of nitrogens with one attached hydrogen (secondary N) is 1. The number of benzene rings is 1. The molecule has 0 unspecified atom stereocenters. The van der Waals surface area contributed by atoms with E-state index in [-0.39, 0.29) is 17.2 Å². The van der Waals surface area contributed by atoms with Gasteiger partial charge in [-0.3, -0.25) is 9.59 Å². The molecule has 0 atom stereocenters. The molecule has 5 heteroatoms.